The minimum absolute atomic E-state index is 0.143. The van der Waals surface area contributed by atoms with Gasteiger partial charge in [-0.15, -0.1) is 0 Å². The van der Waals surface area contributed by atoms with Crippen LogP contribution in [-0.4, -0.2) is 18.0 Å². The van der Waals surface area contributed by atoms with Crippen molar-refractivity contribution in [2.45, 2.75) is 13.8 Å². The maximum Gasteiger partial charge on any atom is 0.257 e. The maximum absolute atomic E-state index is 12.4. The van der Waals surface area contributed by atoms with Crippen LogP contribution in [0.3, 0.4) is 0 Å². The number of methoxy groups -OCH3 is 1. The Morgan fingerprint density at radius 3 is 2.77 bits per heavy atom. The number of aryl methyl sites for hydroxylation is 2. The fourth-order valence-electron chi connectivity index (χ4n) is 2.37. The average molecular weight is 312 g/mol. The smallest absolute Gasteiger partial charge is 0.257 e. The lowest BCUT2D eigenvalue weighted by molar-refractivity contribution is 0.102. The van der Waals surface area contributed by atoms with Crippen LogP contribution in [0.15, 0.2) is 36.4 Å². The Balaban J connectivity index is 1.91. The Labute approximate surface area is 132 Å². The van der Waals surface area contributed by atoms with Gasteiger partial charge in [0.2, 0.25) is 0 Å². The molecule has 0 spiro atoms. The number of ether oxygens (including phenoxy) is 1. The second-order valence-corrected chi connectivity index (χ2v) is 6.13. The van der Waals surface area contributed by atoms with E-state index in [9.17, 15) is 4.79 Å². The van der Waals surface area contributed by atoms with Crippen LogP contribution >= 0.6 is 11.3 Å². The van der Waals surface area contributed by atoms with E-state index in [0.717, 1.165) is 21.3 Å². The number of nitrogens with zero attached hydrogens (tertiary/aromatic N) is 1. The first-order valence-electron chi connectivity index (χ1n) is 6.90. The first-order chi connectivity index (χ1) is 10.6. The number of para-hydroxylation sites is 1. The summed E-state index contributed by atoms with van der Waals surface area (Å²) in [6.45, 7) is 3.94. The predicted molar refractivity (Wildman–Crippen MR) is 90.0 cm³/mol. The number of anilines is 1. The molecule has 0 atom stereocenters. The van der Waals surface area contributed by atoms with Crippen LogP contribution in [-0.2, 0) is 0 Å². The quantitative estimate of drug-likeness (QED) is 0.789. The molecule has 0 aliphatic carbocycles. The normalized spacial score (nSPS) is 10.7. The van der Waals surface area contributed by atoms with Gasteiger partial charge in [0.25, 0.3) is 5.91 Å². The number of hydrogen-bond acceptors (Lipinski definition) is 4. The van der Waals surface area contributed by atoms with Crippen molar-refractivity contribution in [3.63, 3.8) is 0 Å². The molecule has 0 bridgehead atoms. The van der Waals surface area contributed by atoms with Crippen molar-refractivity contribution in [1.29, 1.82) is 0 Å². The molecule has 5 heteroatoms. The van der Waals surface area contributed by atoms with E-state index in [1.165, 1.54) is 11.3 Å². The van der Waals surface area contributed by atoms with Crippen molar-refractivity contribution in [3.8, 4) is 5.75 Å². The van der Waals surface area contributed by atoms with E-state index in [2.05, 4.69) is 10.3 Å². The zero-order valence-electron chi connectivity index (χ0n) is 12.6. The minimum atomic E-state index is -0.143. The molecule has 1 heterocycles. The van der Waals surface area contributed by atoms with Crippen molar-refractivity contribution in [3.05, 3.63) is 53.1 Å². The molecule has 0 aliphatic rings. The molecule has 0 saturated carbocycles. The molecule has 22 heavy (non-hydrogen) atoms. The number of carbonyl (C=O) groups excluding carboxylic acids is 1. The third-order valence-electron chi connectivity index (χ3n) is 3.45. The second kappa shape index (κ2) is 5.77. The van der Waals surface area contributed by atoms with Crippen molar-refractivity contribution < 1.29 is 9.53 Å². The fourth-order valence-corrected chi connectivity index (χ4v) is 3.25. The molecule has 1 N–H and O–H groups in total. The van der Waals surface area contributed by atoms with E-state index in [-0.39, 0.29) is 5.91 Å². The van der Waals surface area contributed by atoms with Gasteiger partial charge < -0.3 is 4.74 Å². The van der Waals surface area contributed by atoms with Crippen molar-refractivity contribution in [1.82, 2.24) is 4.98 Å². The molecular formula is C17H16N2O2S. The molecule has 1 amide bonds. The van der Waals surface area contributed by atoms with Gasteiger partial charge in [-0.2, -0.15) is 0 Å². The lowest BCUT2D eigenvalue weighted by Gasteiger charge is -2.06. The summed E-state index contributed by atoms with van der Waals surface area (Å²) < 4.78 is 6.28. The molecule has 0 radical (unpaired) electrons. The number of amides is 1. The summed E-state index contributed by atoms with van der Waals surface area (Å²) in [6.07, 6.45) is 0. The molecule has 0 unspecified atom stereocenters. The highest BCUT2D eigenvalue weighted by molar-refractivity contribution is 7.22. The monoisotopic (exact) mass is 312 g/mol. The summed E-state index contributed by atoms with van der Waals surface area (Å²) in [6, 6.07) is 11.5. The van der Waals surface area contributed by atoms with E-state index in [0.29, 0.717) is 16.4 Å². The molecule has 0 saturated heterocycles. The van der Waals surface area contributed by atoms with E-state index in [4.69, 9.17) is 4.74 Å². The van der Waals surface area contributed by atoms with Crippen molar-refractivity contribution in [2.24, 2.45) is 0 Å². The van der Waals surface area contributed by atoms with Crippen molar-refractivity contribution in [2.75, 3.05) is 12.4 Å². The number of hydrogen-bond donors (Lipinski definition) is 1. The molecule has 112 valence electrons. The highest BCUT2D eigenvalue weighted by Crippen LogP contribution is 2.32. The molecule has 2 aromatic carbocycles. The maximum atomic E-state index is 12.4. The van der Waals surface area contributed by atoms with Gasteiger partial charge in [-0.05, 0) is 37.6 Å². The topological polar surface area (TPSA) is 51.2 Å². The van der Waals surface area contributed by atoms with Gasteiger partial charge in [-0.25, -0.2) is 4.98 Å². The first kappa shape index (κ1) is 14.5. The Hall–Kier alpha value is -2.40. The van der Waals surface area contributed by atoms with E-state index in [1.54, 1.807) is 7.11 Å². The zero-order chi connectivity index (χ0) is 15.7. The largest absolute Gasteiger partial charge is 0.494 e. The summed E-state index contributed by atoms with van der Waals surface area (Å²) >= 11 is 1.44. The standard InChI is InChI=1S/C17H16N2O2S/c1-10-7-8-12(11(2)9-10)16(20)19-17-18-15-13(21-3)5-4-6-14(15)22-17/h4-9H,1-3H3,(H,18,19,20). The van der Waals surface area contributed by atoms with Crippen LogP contribution < -0.4 is 10.1 Å². The Bertz CT molecular complexity index is 855. The number of nitrogens with one attached hydrogen (secondary N) is 1. The van der Waals surface area contributed by atoms with Crippen LogP contribution in [0.1, 0.15) is 21.5 Å². The molecule has 3 rings (SSSR count). The first-order valence-corrected chi connectivity index (χ1v) is 7.72. The molecular weight excluding hydrogens is 296 g/mol. The minimum Gasteiger partial charge on any atom is -0.494 e. The highest BCUT2D eigenvalue weighted by atomic mass is 32.1. The van der Waals surface area contributed by atoms with Crippen molar-refractivity contribution >= 4 is 32.6 Å². The lowest BCUT2D eigenvalue weighted by atomic mass is 10.1. The molecule has 1 aromatic heterocycles. The Morgan fingerprint density at radius 1 is 1.23 bits per heavy atom. The number of thiazole rings is 1. The zero-order valence-corrected chi connectivity index (χ0v) is 13.5. The van der Waals surface area contributed by atoms with Crippen LogP contribution in [0.5, 0.6) is 5.75 Å². The van der Waals surface area contributed by atoms with Crippen LogP contribution in [0.2, 0.25) is 0 Å². The number of fused-ring (bicyclic) bond motifs is 1. The molecule has 3 aromatic rings. The van der Waals surface area contributed by atoms with Gasteiger partial charge in [0.1, 0.15) is 11.3 Å². The number of aromatic nitrogens is 1. The van der Waals surface area contributed by atoms with E-state index >= 15 is 0 Å². The van der Waals surface area contributed by atoms with Gasteiger partial charge in [0.15, 0.2) is 5.13 Å². The molecule has 4 nitrogen and oxygen atoms in total. The van der Waals surface area contributed by atoms with Gasteiger partial charge in [0, 0.05) is 5.56 Å². The van der Waals surface area contributed by atoms with Gasteiger partial charge in [-0.1, -0.05) is 35.1 Å². The third kappa shape index (κ3) is 2.67. The summed E-state index contributed by atoms with van der Waals surface area (Å²) in [4.78, 5) is 16.9. The van der Waals surface area contributed by atoms with E-state index < -0.39 is 0 Å². The Kier molecular flexibility index (Phi) is 3.81. The van der Waals surface area contributed by atoms with Gasteiger partial charge in [-0.3, -0.25) is 10.1 Å². The second-order valence-electron chi connectivity index (χ2n) is 5.10. The molecule has 0 aliphatic heterocycles. The summed E-state index contributed by atoms with van der Waals surface area (Å²) in [5.74, 6) is 0.566. The predicted octanol–water partition coefficient (Wildman–Crippen LogP) is 4.17. The summed E-state index contributed by atoms with van der Waals surface area (Å²) in [5.41, 5.74) is 3.53. The highest BCUT2D eigenvalue weighted by Gasteiger charge is 2.13. The lowest BCUT2D eigenvalue weighted by Crippen LogP contribution is -2.13. The number of benzene rings is 2. The van der Waals surface area contributed by atoms with E-state index in [1.807, 2.05) is 50.2 Å². The van der Waals surface area contributed by atoms with Crippen LogP contribution in [0.25, 0.3) is 10.2 Å². The summed E-state index contributed by atoms with van der Waals surface area (Å²) in [7, 11) is 1.61. The summed E-state index contributed by atoms with van der Waals surface area (Å²) in [5, 5.41) is 3.45. The SMILES string of the molecule is COc1cccc2sc(NC(=O)c3ccc(C)cc3C)nc12. The third-order valence-corrected chi connectivity index (χ3v) is 4.38. The van der Waals surface area contributed by atoms with Crippen LogP contribution in [0.4, 0.5) is 5.13 Å². The number of carbonyl (C=O) groups is 1. The van der Waals surface area contributed by atoms with Gasteiger partial charge in [0.05, 0.1) is 11.8 Å². The fraction of sp³-hybridized carbons (Fsp3) is 0.176. The molecule has 0 fully saturated rings. The number of rotatable bonds is 3. The van der Waals surface area contributed by atoms with Gasteiger partial charge >= 0.3 is 0 Å². The Morgan fingerprint density at radius 2 is 2.05 bits per heavy atom. The average Bonchev–Trinajstić information content (AvgIpc) is 2.89. The van der Waals surface area contributed by atoms with Crippen LogP contribution in [0, 0.1) is 13.8 Å².